The Balaban J connectivity index is 2.12. The number of benzene rings is 3. The fraction of sp³-hybridized carbons (Fsp3) is 0.0556. The number of sulfonamides is 1. The second-order valence-corrected chi connectivity index (χ2v) is 7.07. The Morgan fingerprint density at radius 1 is 1.08 bits per heavy atom. The number of nitrogens with one attached hydrogen (secondary N) is 1. The first-order valence-corrected chi connectivity index (χ1v) is 8.93. The van der Waals surface area contributed by atoms with Gasteiger partial charge in [0, 0.05) is 10.8 Å². The number of hydrogen-bond donors (Lipinski definition) is 2. The molecule has 2 N–H and O–H groups in total. The van der Waals surface area contributed by atoms with E-state index in [0.717, 1.165) is 18.2 Å². The summed E-state index contributed by atoms with van der Waals surface area (Å²) in [4.78, 5) is 11.0. The van der Waals surface area contributed by atoms with Gasteiger partial charge in [0.25, 0.3) is 10.0 Å². The van der Waals surface area contributed by atoms with E-state index in [9.17, 15) is 17.6 Å². The second-order valence-electron chi connectivity index (χ2n) is 5.42. The minimum Gasteiger partial charge on any atom is -0.496 e. The van der Waals surface area contributed by atoms with Crippen molar-refractivity contribution in [3.05, 3.63) is 66.0 Å². The Hall–Kier alpha value is -3.13. The highest BCUT2D eigenvalue weighted by Gasteiger charge is 2.21. The van der Waals surface area contributed by atoms with Gasteiger partial charge in [0.2, 0.25) is 0 Å². The van der Waals surface area contributed by atoms with Gasteiger partial charge < -0.3 is 9.84 Å². The topological polar surface area (TPSA) is 92.7 Å². The summed E-state index contributed by atoms with van der Waals surface area (Å²) in [5.41, 5.74) is -0.673. The number of carboxylic acids is 1. The summed E-state index contributed by atoms with van der Waals surface area (Å²) < 4.78 is 46.9. The first-order valence-electron chi connectivity index (χ1n) is 7.45. The van der Waals surface area contributed by atoms with Crippen LogP contribution in [0.5, 0.6) is 5.75 Å². The van der Waals surface area contributed by atoms with Gasteiger partial charge >= 0.3 is 5.97 Å². The molecule has 3 rings (SSSR count). The van der Waals surface area contributed by atoms with Gasteiger partial charge in [-0.1, -0.05) is 24.3 Å². The molecule has 0 radical (unpaired) electrons. The molecular weight excluding hydrogens is 361 g/mol. The molecule has 0 fully saturated rings. The zero-order chi connectivity index (χ0) is 18.9. The van der Waals surface area contributed by atoms with E-state index in [1.807, 2.05) is 0 Å². The lowest BCUT2D eigenvalue weighted by molar-refractivity contribution is 0.0697. The molecule has 0 heterocycles. The van der Waals surface area contributed by atoms with Crippen LogP contribution in [0.15, 0.2) is 59.5 Å². The molecule has 0 bridgehead atoms. The van der Waals surface area contributed by atoms with Crippen molar-refractivity contribution in [3.8, 4) is 5.75 Å². The number of carboxylic acid groups (broad SMARTS) is 1. The smallest absolute Gasteiger partial charge is 0.335 e. The highest BCUT2D eigenvalue weighted by Crippen LogP contribution is 2.32. The molecule has 0 aromatic heterocycles. The summed E-state index contributed by atoms with van der Waals surface area (Å²) in [6.45, 7) is 0. The Kier molecular flexibility index (Phi) is 4.52. The van der Waals surface area contributed by atoms with Crippen LogP contribution in [0.1, 0.15) is 10.4 Å². The van der Waals surface area contributed by atoms with Gasteiger partial charge in [-0.15, -0.1) is 0 Å². The van der Waals surface area contributed by atoms with Crippen molar-refractivity contribution in [1.82, 2.24) is 0 Å². The van der Waals surface area contributed by atoms with Crippen molar-refractivity contribution < 1.29 is 27.4 Å². The van der Waals surface area contributed by atoms with Crippen LogP contribution in [-0.4, -0.2) is 26.6 Å². The summed E-state index contributed by atoms with van der Waals surface area (Å²) in [6.07, 6.45) is 0. The maximum absolute atomic E-state index is 14.0. The molecule has 0 aliphatic heterocycles. The largest absolute Gasteiger partial charge is 0.496 e. The molecule has 0 spiro atoms. The van der Waals surface area contributed by atoms with Gasteiger partial charge in [-0.3, -0.25) is 4.72 Å². The Bertz CT molecular complexity index is 1110. The molecule has 0 aliphatic carbocycles. The first kappa shape index (κ1) is 17.7. The summed E-state index contributed by atoms with van der Waals surface area (Å²) >= 11 is 0. The molecule has 8 heteroatoms. The summed E-state index contributed by atoms with van der Waals surface area (Å²) in [6, 6.07) is 12.5. The van der Waals surface area contributed by atoms with E-state index >= 15 is 0 Å². The van der Waals surface area contributed by atoms with Crippen LogP contribution in [0.3, 0.4) is 0 Å². The van der Waals surface area contributed by atoms with Gasteiger partial charge in [-0.05, 0) is 30.3 Å². The molecule has 0 amide bonds. The zero-order valence-corrected chi connectivity index (χ0v) is 14.4. The lowest BCUT2D eigenvalue weighted by Gasteiger charge is -2.13. The van der Waals surface area contributed by atoms with E-state index in [0.29, 0.717) is 16.5 Å². The molecular formula is C18H14FNO5S. The third-order valence-electron chi connectivity index (χ3n) is 3.81. The number of ether oxygens (including phenoxy) is 1. The van der Waals surface area contributed by atoms with Crippen LogP contribution in [-0.2, 0) is 10.0 Å². The molecule has 0 saturated carbocycles. The molecule has 3 aromatic carbocycles. The first-order chi connectivity index (χ1) is 12.3. The molecule has 26 heavy (non-hydrogen) atoms. The fourth-order valence-electron chi connectivity index (χ4n) is 2.59. The predicted molar refractivity (Wildman–Crippen MR) is 94.7 cm³/mol. The van der Waals surface area contributed by atoms with Crippen LogP contribution in [0.4, 0.5) is 10.1 Å². The molecule has 6 nitrogen and oxygen atoms in total. The number of methoxy groups -OCH3 is 1. The van der Waals surface area contributed by atoms with Crippen molar-refractivity contribution in [2.75, 3.05) is 11.8 Å². The second kappa shape index (κ2) is 6.64. The number of fused-ring (bicyclic) bond motifs is 1. The highest BCUT2D eigenvalue weighted by molar-refractivity contribution is 7.93. The SMILES string of the molecule is COc1ccc(S(=O)(=O)Nc2cc(C(=O)O)ccc2F)c2ccccc12. The Morgan fingerprint density at radius 3 is 2.42 bits per heavy atom. The third kappa shape index (κ3) is 3.18. The highest BCUT2D eigenvalue weighted by atomic mass is 32.2. The van der Waals surface area contributed by atoms with Gasteiger partial charge in [0.05, 0.1) is 23.3 Å². The van der Waals surface area contributed by atoms with Crippen LogP contribution >= 0.6 is 0 Å². The van der Waals surface area contributed by atoms with Gasteiger partial charge in [-0.2, -0.15) is 0 Å². The summed E-state index contributed by atoms with van der Waals surface area (Å²) in [5.74, 6) is -1.67. The van der Waals surface area contributed by atoms with Crippen molar-refractivity contribution in [1.29, 1.82) is 0 Å². The number of aromatic carboxylic acids is 1. The molecule has 0 saturated heterocycles. The Labute approximate surface area is 148 Å². The van der Waals surface area contributed by atoms with E-state index < -0.39 is 27.5 Å². The number of anilines is 1. The molecule has 0 atom stereocenters. The van der Waals surface area contributed by atoms with Crippen molar-refractivity contribution in [2.24, 2.45) is 0 Å². The fourth-order valence-corrected chi connectivity index (χ4v) is 3.86. The molecule has 3 aromatic rings. The lowest BCUT2D eigenvalue weighted by atomic mass is 10.1. The van der Waals surface area contributed by atoms with Crippen LogP contribution in [0, 0.1) is 5.82 Å². The Morgan fingerprint density at radius 2 is 1.77 bits per heavy atom. The van der Waals surface area contributed by atoms with E-state index in [1.165, 1.54) is 19.2 Å². The van der Waals surface area contributed by atoms with Crippen molar-refractivity contribution in [3.63, 3.8) is 0 Å². The quantitative estimate of drug-likeness (QED) is 0.712. The van der Waals surface area contributed by atoms with E-state index in [1.54, 1.807) is 24.3 Å². The van der Waals surface area contributed by atoms with Crippen LogP contribution in [0.25, 0.3) is 10.8 Å². The summed E-state index contributed by atoms with van der Waals surface area (Å²) in [7, 11) is -2.70. The third-order valence-corrected chi connectivity index (χ3v) is 5.23. The van der Waals surface area contributed by atoms with Crippen LogP contribution in [0.2, 0.25) is 0 Å². The molecule has 134 valence electrons. The van der Waals surface area contributed by atoms with Gasteiger partial charge in [-0.25, -0.2) is 17.6 Å². The van der Waals surface area contributed by atoms with E-state index in [-0.39, 0.29) is 10.5 Å². The average Bonchev–Trinajstić information content (AvgIpc) is 2.62. The maximum atomic E-state index is 14.0. The molecule has 0 aliphatic rings. The number of halogens is 1. The van der Waals surface area contributed by atoms with Crippen LogP contribution < -0.4 is 9.46 Å². The van der Waals surface area contributed by atoms with Gasteiger partial charge in [0.1, 0.15) is 11.6 Å². The van der Waals surface area contributed by atoms with E-state index in [2.05, 4.69) is 4.72 Å². The minimum absolute atomic E-state index is 0.0750. The van der Waals surface area contributed by atoms with Crippen molar-refractivity contribution in [2.45, 2.75) is 4.90 Å². The maximum Gasteiger partial charge on any atom is 0.335 e. The van der Waals surface area contributed by atoms with Crippen molar-refractivity contribution >= 4 is 32.5 Å². The zero-order valence-electron chi connectivity index (χ0n) is 13.6. The minimum atomic E-state index is -4.17. The standard InChI is InChI=1S/C18H14FNO5S/c1-25-16-8-9-17(13-5-3-2-4-12(13)16)26(23,24)20-15-10-11(18(21)22)6-7-14(15)19/h2-10,20H,1H3,(H,21,22). The van der Waals surface area contributed by atoms with E-state index in [4.69, 9.17) is 9.84 Å². The number of carbonyl (C=O) groups is 1. The monoisotopic (exact) mass is 375 g/mol. The number of hydrogen-bond acceptors (Lipinski definition) is 4. The summed E-state index contributed by atoms with van der Waals surface area (Å²) in [5, 5.41) is 9.98. The predicted octanol–water partition coefficient (Wildman–Crippen LogP) is 3.49. The number of rotatable bonds is 5. The average molecular weight is 375 g/mol. The molecule has 0 unspecified atom stereocenters. The van der Waals surface area contributed by atoms with Gasteiger partial charge in [0.15, 0.2) is 0 Å². The normalized spacial score (nSPS) is 11.3. The lowest BCUT2D eigenvalue weighted by Crippen LogP contribution is -2.15.